The van der Waals surface area contributed by atoms with Crippen molar-refractivity contribution in [2.45, 2.75) is 4.90 Å². The van der Waals surface area contributed by atoms with Crippen LogP contribution in [0.5, 0.6) is 0 Å². The summed E-state index contributed by atoms with van der Waals surface area (Å²) in [7, 11) is -4.12. The van der Waals surface area contributed by atoms with Crippen molar-refractivity contribution in [2.24, 2.45) is 0 Å². The first-order chi connectivity index (χ1) is 13.9. The number of nitrogens with one attached hydrogen (secondary N) is 2. The van der Waals surface area contributed by atoms with Crippen LogP contribution >= 0.6 is 0 Å². The Labute approximate surface area is 168 Å². The van der Waals surface area contributed by atoms with E-state index in [1.54, 1.807) is 18.3 Å². The molecule has 0 radical (unpaired) electrons. The van der Waals surface area contributed by atoms with E-state index in [1.807, 2.05) is 4.90 Å². The minimum atomic E-state index is -4.12. The molecule has 1 aliphatic heterocycles. The topological polar surface area (TPSA) is 101 Å². The second-order valence-corrected chi connectivity index (χ2v) is 7.95. The first kappa shape index (κ1) is 20.9. The van der Waals surface area contributed by atoms with E-state index in [1.165, 1.54) is 12.1 Å². The molecule has 0 saturated carbocycles. The fourth-order valence-electron chi connectivity index (χ4n) is 2.81. The molecule has 1 saturated heterocycles. The summed E-state index contributed by atoms with van der Waals surface area (Å²) in [6.45, 7) is 5.74. The molecule has 8 nitrogen and oxygen atoms in total. The van der Waals surface area contributed by atoms with Crippen LogP contribution in [0.25, 0.3) is 0 Å². The van der Waals surface area contributed by atoms with E-state index in [4.69, 9.17) is 4.74 Å². The van der Waals surface area contributed by atoms with Crippen LogP contribution in [-0.4, -0.2) is 52.2 Å². The van der Waals surface area contributed by atoms with Gasteiger partial charge in [0.1, 0.15) is 10.7 Å². The molecule has 154 valence electrons. The molecular formula is C19H21FN4O4S. The van der Waals surface area contributed by atoms with Crippen molar-refractivity contribution in [1.29, 1.82) is 0 Å². The second-order valence-electron chi connectivity index (χ2n) is 6.21. The molecule has 0 atom stereocenters. The number of anilines is 2. The maximum Gasteiger partial charge on any atom is 0.255 e. The molecule has 2 aromatic rings. The lowest BCUT2D eigenvalue weighted by Gasteiger charge is -2.29. The number of pyridine rings is 1. The number of hydrogen-bond acceptors (Lipinski definition) is 6. The number of amides is 1. The van der Waals surface area contributed by atoms with Crippen LogP contribution in [0.15, 0.2) is 54.1 Å². The van der Waals surface area contributed by atoms with Crippen molar-refractivity contribution in [1.82, 2.24) is 9.71 Å². The summed E-state index contributed by atoms with van der Waals surface area (Å²) < 4.78 is 46.1. The highest BCUT2D eigenvalue weighted by Crippen LogP contribution is 2.25. The van der Waals surface area contributed by atoms with Gasteiger partial charge in [-0.1, -0.05) is 6.08 Å². The van der Waals surface area contributed by atoms with Gasteiger partial charge in [-0.3, -0.25) is 4.79 Å². The molecule has 1 fully saturated rings. The van der Waals surface area contributed by atoms with E-state index in [0.29, 0.717) is 37.8 Å². The average Bonchev–Trinajstić information content (AvgIpc) is 2.73. The summed E-state index contributed by atoms with van der Waals surface area (Å²) >= 11 is 0. The lowest BCUT2D eigenvalue weighted by molar-refractivity contribution is 0.102. The third kappa shape index (κ3) is 4.97. The number of morpholine rings is 1. The molecule has 10 heteroatoms. The number of ether oxygens (including phenoxy) is 1. The van der Waals surface area contributed by atoms with Crippen molar-refractivity contribution < 1.29 is 22.3 Å². The standard InChI is InChI=1S/C19H21FN4O4S/c1-2-7-22-29(26,27)17-13-14(5-6-15(17)20)19(25)23-16-4-3-8-21-18(16)24-9-11-28-12-10-24/h2-6,8,13,22H,1,7,9-12H2,(H,23,25). The quantitative estimate of drug-likeness (QED) is 0.663. The largest absolute Gasteiger partial charge is 0.378 e. The summed E-state index contributed by atoms with van der Waals surface area (Å²) in [5, 5.41) is 2.73. The van der Waals surface area contributed by atoms with Crippen LogP contribution in [0, 0.1) is 5.82 Å². The number of carbonyl (C=O) groups is 1. The first-order valence-electron chi connectivity index (χ1n) is 8.91. The molecule has 1 aliphatic rings. The van der Waals surface area contributed by atoms with E-state index >= 15 is 0 Å². The van der Waals surface area contributed by atoms with Crippen LogP contribution in [0.1, 0.15) is 10.4 Å². The zero-order chi connectivity index (χ0) is 20.9. The molecule has 0 bridgehead atoms. The van der Waals surface area contributed by atoms with Gasteiger partial charge in [0.05, 0.1) is 18.9 Å². The SMILES string of the molecule is C=CCNS(=O)(=O)c1cc(C(=O)Nc2cccnc2N2CCOCC2)ccc1F. The molecule has 1 aromatic carbocycles. The zero-order valence-corrected chi connectivity index (χ0v) is 16.4. The van der Waals surface area contributed by atoms with Crippen molar-refractivity contribution in [2.75, 3.05) is 43.1 Å². The summed E-state index contributed by atoms with van der Waals surface area (Å²) in [5.74, 6) is -0.937. The maximum atomic E-state index is 14.1. The number of nitrogens with zero attached hydrogens (tertiary/aromatic N) is 2. The van der Waals surface area contributed by atoms with Crippen LogP contribution in [0.4, 0.5) is 15.9 Å². The molecular weight excluding hydrogens is 399 g/mol. The molecule has 0 aliphatic carbocycles. The van der Waals surface area contributed by atoms with Gasteiger partial charge in [-0.2, -0.15) is 0 Å². The fraction of sp³-hybridized carbons (Fsp3) is 0.263. The third-order valence-corrected chi connectivity index (χ3v) is 5.68. The van der Waals surface area contributed by atoms with Gasteiger partial charge < -0.3 is 15.0 Å². The number of halogens is 1. The highest BCUT2D eigenvalue weighted by Gasteiger charge is 2.22. The molecule has 2 heterocycles. The Morgan fingerprint density at radius 3 is 2.79 bits per heavy atom. The minimum absolute atomic E-state index is 0.00200. The Hall–Kier alpha value is -2.82. The Morgan fingerprint density at radius 1 is 1.31 bits per heavy atom. The first-order valence-corrected chi connectivity index (χ1v) is 10.4. The zero-order valence-electron chi connectivity index (χ0n) is 15.6. The van der Waals surface area contributed by atoms with Gasteiger partial charge in [0.2, 0.25) is 10.0 Å². The van der Waals surface area contributed by atoms with Gasteiger partial charge in [-0.25, -0.2) is 22.5 Å². The Balaban J connectivity index is 1.85. The summed E-state index contributed by atoms with van der Waals surface area (Å²) in [4.78, 5) is 18.4. The molecule has 1 aromatic heterocycles. The van der Waals surface area contributed by atoms with Crippen molar-refractivity contribution in [3.63, 3.8) is 0 Å². The average molecular weight is 420 g/mol. The number of carbonyl (C=O) groups excluding carboxylic acids is 1. The normalized spacial score (nSPS) is 14.4. The van der Waals surface area contributed by atoms with Crippen molar-refractivity contribution in [3.8, 4) is 0 Å². The number of hydrogen-bond donors (Lipinski definition) is 2. The second kappa shape index (κ2) is 9.12. The summed E-state index contributed by atoms with van der Waals surface area (Å²) in [6.07, 6.45) is 2.95. The summed E-state index contributed by atoms with van der Waals surface area (Å²) in [5.41, 5.74) is 0.472. The Morgan fingerprint density at radius 2 is 2.07 bits per heavy atom. The highest BCUT2D eigenvalue weighted by molar-refractivity contribution is 7.89. The number of rotatable bonds is 7. The molecule has 0 unspecified atom stereocenters. The van der Waals surface area contributed by atoms with E-state index in [0.717, 1.165) is 12.1 Å². The van der Waals surface area contributed by atoms with Crippen LogP contribution in [-0.2, 0) is 14.8 Å². The molecule has 3 rings (SSSR count). The van der Waals surface area contributed by atoms with Gasteiger partial charge in [0.15, 0.2) is 5.82 Å². The Kier molecular flexibility index (Phi) is 6.57. The minimum Gasteiger partial charge on any atom is -0.378 e. The van der Waals surface area contributed by atoms with E-state index in [2.05, 4.69) is 21.6 Å². The van der Waals surface area contributed by atoms with E-state index in [9.17, 15) is 17.6 Å². The van der Waals surface area contributed by atoms with Crippen molar-refractivity contribution in [3.05, 3.63) is 60.6 Å². The fourth-order valence-corrected chi connectivity index (χ4v) is 3.91. The van der Waals surface area contributed by atoms with Crippen LogP contribution in [0.2, 0.25) is 0 Å². The van der Waals surface area contributed by atoms with Crippen LogP contribution in [0.3, 0.4) is 0 Å². The molecule has 2 N–H and O–H groups in total. The summed E-state index contributed by atoms with van der Waals surface area (Å²) in [6, 6.07) is 6.55. The predicted octanol–water partition coefficient (Wildman–Crippen LogP) is 1.77. The van der Waals surface area contributed by atoms with Gasteiger partial charge in [-0.05, 0) is 30.3 Å². The third-order valence-electron chi connectivity index (χ3n) is 4.25. The lowest BCUT2D eigenvalue weighted by Crippen LogP contribution is -2.37. The molecule has 0 spiro atoms. The smallest absolute Gasteiger partial charge is 0.255 e. The van der Waals surface area contributed by atoms with E-state index < -0.39 is 26.6 Å². The van der Waals surface area contributed by atoms with E-state index in [-0.39, 0.29) is 12.1 Å². The highest BCUT2D eigenvalue weighted by atomic mass is 32.2. The monoisotopic (exact) mass is 420 g/mol. The number of benzene rings is 1. The van der Waals surface area contributed by atoms with Crippen molar-refractivity contribution >= 4 is 27.4 Å². The van der Waals surface area contributed by atoms with Gasteiger partial charge in [-0.15, -0.1) is 6.58 Å². The number of aromatic nitrogens is 1. The van der Waals surface area contributed by atoms with Gasteiger partial charge in [0.25, 0.3) is 5.91 Å². The van der Waals surface area contributed by atoms with Gasteiger partial charge >= 0.3 is 0 Å². The maximum absolute atomic E-state index is 14.1. The number of sulfonamides is 1. The van der Waals surface area contributed by atoms with Gasteiger partial charge in [0, 0.05) is 31.4 Å². The lowest BCUT2D eigenvalue weighted by atomic mass is 10.2. The predicted molar refractivity (Wildman–Crippen MR) is 107 cm³/mol. The molecule has 29 heavy (non-hydrogen) atoms. The van der Waals surface area contributed by atoms with Crippen LogP contribution < -0.4 is 14.9 Å². The molecule has 1 amide bonds. The Bertz CT molecular complexity index is 1010.